The first-order chi connectivity index (χ1) is 9.73. The second-order valence-electron chi connectivity index (χ2n) is 5.17. The zero-order chi connectivity index (χ0) is 16.0. The Labute approximate surface area is 124 Å². The number of nitrogens with two attached hydrogens (primary N) is 1. The van der Waals surface area contributed by atoms with E-state index < -0.39 is 21.6 Å². The van der Waals surface area contributed by atoms with Gasteiger partial charge in [-0.25, -0.2) is 12.8 Å². The number of anilines is 2. The topological polar surface area (TPSA) is 89.3 Å². The van der Waals surface area contributed by atoms with E-state index in [4.69, 9.17) is 5.73 Å². The minimum atomic E-state index is -3.28. The van der Waals surface area contributed by atoms with Gasteiger partial charge in [0.15, 0.2) is 9.84 Å². The minimum Gasteiger partial charge on any atom is -0.399 e. The average Bonchev–Trinajstić information content (AvgIpc) is 2.40. The summed E-state index contributed by atoms with van der Waals surface area (Å²) >= 11 is 0. The van der Waals surface area contributed by atoms with Crippen LogP contribution in [0.4, 0.5) is 15.8 Å². The van der Waals surface area contributed by atoms with E-state index in [-0.39, 0.29) is 29.5 Å². The molecular weight excluding hydrogens is 295 g/mol. The number of carbonyl (C=O) groups excluding carboxylic acids is 1. The summed E-state index contributed by atoms with van der Waals surface area (Å²) in [4.78, 5) is 11.7. The molecule has 1 aromatic rings. The van der Waals surface area contributed by atoms with Crippen molar-refractivity contribution in [1.29, 1.82) is 0 Å². The molecule has 1 aromatic carbocycles. The molecule has 0 aliphatic heterocycles. The molecule has 0 fully saturated rings. The smallest absolute Gasteiger partial charge is 0.225 e. The summed E-state index contributed by atoms with van der Waals surface area (Å²) in [6.45, 7) is 3.76. The molecule has 0 saturated heterocycles. The molecule has 1 rings (SSSR count). The molecule has 0 spiro atoms. The summed E-state index contributed by atoms with van der Waals surface area (Å²) in [6.07, 6.45) is 0.562. The van der Waals surface area contributed by atoms with Crippen molar-refractivity contribution in [3.63, 3.8) is 0 Å². The van der Waals surface area contributed by atoms with Crippen LogP contribution in [0.25, 0.3) is 0 Å². The van der Waals surface area contributed by atoms with Crippen molar-refractivity contribution in [3.05, 3.63) is 24.0 Å². The molecule has 0 heterocycles. The molecule has 0 radical (unpaired) electrons. The van der Waals surface area contributed by atoms with Gasteiger partial charge in [0.1, 0.15) is 5.82 Å². The van der Waals surface area contributed by atoms with Gasteiger partial charge in [0.2, 0.25) is 5.91 Å². The van der Waals surface area contributed by atoms with Crippen LogP contribution < -0.4 is 11.1 Å². The third-order valence-electron chi connectivity index (χ3n) is 3.14. The van der Waals surface area contributed by atoms with Crippen LogP contribution in [-0.4, -0.2) is 25.8 Å². The van der Waals surface area contributed by atoms with Crippen LogP contribution in [0.2, 0.25) is 0 Å². The lowest BCUT2D eigenvalue weighted by atomic mass is 10.2. The number of benzene rings is 1. The Hall–Kier alpha value is -1.63. The van der Waals surface area contributed by atoms with Gasteiger partial charge >= 0.3 is 0 Å². The standard InChI is InChI=1S/C14H21FN2O3S/c1-3-10(2)9-21(19,20)7-6-14(18)17-13-8-11(16)4-5-12(13)15/h4-5,8,10H,3,6-7,9,16H2,1-2H3,(H,17,18). The fourth-order valence-corrected chi connectivity index (χ4v) is 3.50. The van der Waals surface area contributed by atoms with E-state index in [0.717, 1.165) is 12.5 Å². The summed E-state index contributed by atoms with van der Waals surface area (Å²) in [5, 5.41) is 2.33. The Morgan fingerprint density at radius 1 is 1.43 bits per heavy atom. The predicted octanol–water partition coefficient (Wildman–Crippen LogP) is 2.20. The molecule has 0 aliphatic rings. The molecule has 1 amide bonds. The molecule has 118 valence electrons. The molecule has 0 aromatic heterocycles. The first-order valence-corrected chi connectivity index (χ1v) is 8.61. The summed E-state index contributed by atoms with van der Waals surface area (Å²) in [5.41, 5.74) is 5.78. The first kappa shape index (κ1) is 17.4. The fourth-order valence-electron chi connectivity index (χ4n) is 1.73. The van der Waals surface area contributed by atoms with Gasteiger partial charge in [0, 0.05) is 12.1 Å². The van der Waals surface area contributed by atoms with Crippen LogP contribution in [0.3, 0.4) is 0 Å². The molecule has 0 saturated carbocycles. The van der Waals surface area contributed by atoms with Gasteiger partial charge in [-0.2, -0.15) is 0 Å². The van der Waals surface area contributed by atoms with E-state index in [2.05, 4.69) is 5.32 Å². The summed E-state index contributed by atoms with van der Waals surface area (Å²) in [6, 6.07) is 3.81. The number of halogens is 1. The van der Waals surface area contributed by atoms with Crippen molar-refractivity contribution in [2.75, 3.05) is 22.6 Å². The lowest BCUT2D eigenvalue weighted by molar-refractivity contribution is -0.115. The lowest BCUT2D eigenvalue weighted by Crippen LogP contribution is -2.21. The van der Waals surface area contributed by atoms with Gasteiger partial charge < -0.3 is 11.1 Å². The zero-order valence-corrected chi connectivity index (χ0v) is 13.0. The van der Waals surface area contributed by atoms with Crippen LogP contribution in [0.1, 0.15) is 26.7 Å². The number of nitrogen functional groups attached to an aromatic ring is 1. The van der Waals surface area contributed by atoms with Crippen LogP contribution in [-0.2, 0) is 14.6 Å². The van der Waals surface area contributed by atoms with Gasteiger partial charge in [-0.1, -0.05) is 20.3 Å². The number of amides is 1. The largest absolute Gasteiger partial charge is 0.399 e. The summed E-state index contributed by atoms with van der Waals surface area (Å²) in [7, 11) is -3.28. The average molecular weight is 316 g/mol. The maximum Gasteiger partial charge on any atom is 0.225 e. The number of rotatable bonds is 7. The highest BCUT2D eigenvalue weighted by atomic mass is 32.2. The maximum absolute atomic E-state index is 13.4. The number of hydrogen-bond acceptors (Lipinski definition) is 4. The van der Waals surface area contributed by atoms with E-state index in [1.54, 1.807) is 0 Å². The quantitative estimate of drug-likeness (QED) is 0.755. The number of nitrogens with one attached hydrogen (secondary N) is 1. The van der Waals surface area contributed by atoms with E-state index >= 15 is 0 Å². The minimum absolute atomic E-state index is 0.0423. The molecule has 0 bridgehead atoms. The second-order valence-corrected chi connectivity index (χ2v) is 7.39. The van der Waals surface area contributed by atoms with Gasteiger partial charge in [-0.05, 0) is 24.1 Å². The Morgan fingerprint density at radius 2 is 2.10 bits per heavy atom. The highest BCUT2D eigenvalue weighted by Crippen LogP contribution is 2.17. The van der Waals surface area contributed by atoms with Crippen LogP contribution in [0, 0.1) is 11.7 Å². The monoisotopic (exact) mass is 316 g/mol. The van der Waals surface area contributed by atoms with Gasteiger partial charge in [-0.15, -0.1) is 0 Å². The SMILES string of the molecule is CCC(C)CS(=O)(=O)CCC(=O)Nc1cc(N)ccc1F. The van der Waals surface area contributed by atoms with E-state index in [1.165, 1.54) is 12.1 Å². The third-order valence-corrected chi connectivity index (χ3v) is 5.04. The number of hydrogen-bond donors (Lipinski definition) is 2. The lowest BCUT2D eigenvalue weighted by Gasteiger charge is -2.10. The summed E-state index contributed by atoms with van der Waals surface area (Å²) in [5.74, 6) is -1.28. The van der Waals surface area contributed by atoms with Gasteiger partial charge in [-0.3, -0.25) is 4.79 Å². The van der Waals surface area contributed by atoms with Crippen molar-refractivity contribution in [2.24, 2.45) is 5.92 Å². The van der Waals surface area contributed by atoms with E-state index in [9.17, 15) is 17.6 Å². The van der Waals surface area contributed by atoms with Gasteiger partial charge in [0.05, 0.1) is 17.2 Å². The van der Waals surface area contributed by atoms with E-state index in [1.807, 2.05) is 13.8 Å². The molecule has 3 N–H and O–H groups in total. The number of sulfone groups is 1. The molecule has 21 heavy (non-hydrogen) atoms. The Bertz CT molecular complexity index is 602. The van der Waals surface area contributed by atoms with Crippen LogP contribution in [0.5, 0.6) is 0 Å². The number of carbonyl (C=O) groups is 1. The fraction of sp³-hybridized carbons (Fsp3) is 0.500. The molecule has 0 aliphatic carbocycles. The maximum atomic E-state index is 13.4. The zero-order valence-electron chi connectivity index (χ0n) is 12.2. The van der Waals surface area contributed by atoms with Crippen molar-refractivity contribution >= 4 is 27.1 Å². The van der Waals surface area contributed by atoms with Crippen molar-refractivity contribution < 1.29 is 17.6 Å². The van der Waals surface area contributed by atoms with Crippen molar-refractivity contribution in [3.8, 4) is 0 Å². The Morgan fingerprint density at radius 3 is 2.71 bits per heavy atom. The highest BCUT2D eigenvalue weighted by Gasteiger charge is 2.17. The molecule has 1 unspecified atom stereocenters. The van der Waals surface area contributed by atoms with E-state index in [0.29, 0.717) is 5.69 Å². The van der Waals surface area contributed by atoms with Crippen molar-refractivity contribution in [1.82, 2.24) is 0 Å². The van der Waals surface area contributed by atoms with Crippen LogP contribution >= 0.6 is 0 Å². The third kappa shape index (κ3) is 6.12. The van der Waals surface area contributed by atoms with Crippen LogP contribution in [0.15, 0.2) is 18.2 Å². The molecule has 5 nitrogen and oxygen atoms in total. The first-order valence-electron chi connectivity index (χ1n) is 6.79. The Kier molecular flexibility index (Phi) is 6.14. The van der Waals surface area contributed by atoms with Crippen molar-refractivity contribution in [2.45, 2.75) is 26.7 Å². The molecule has 1 atom stereocenters. The molecular formula is C14H21FN2O3S. The Balaban J connectivity index is 2.56. The normalized spacial score (nSPS) is 12.9. The molecule has 7 heteroatoms. The predicted molar refractivity (Wildman–Crippen MR) is 82.2 cm³/mol. The highest BCUT2D eigenvalue weighted by molar-refractivity contribution is 7.91. The summed E-state index contributed by atoms with van der Waals surface area (Å²) < 4.78 is 37.0. The van der Waals surface area contributed by atoms with Gasteiger partial charge in [0.25, 0.3) is 0 Å². The second kappa shape index (κ2) is 7.40.